The lowest BCUT2D eigenvalue weighted by molar-refractivity contribution is 0.438. The third-order valence-corrected chi connectivity index (χ3v) is 3.28. The van der Waals surface area contributed by atoms with E-state index in [9.17, 15) is 13.2 Å². The molecule has 2 nitrogen and oxygen atoms in total. The zero-order chi connectivity index (χ0) is 13.1. The zero-order valence-corrected chi connectivity index (χ0v) is 10.1. The fourth-order valence-electron chi connectivity index (χ4n) is 1.98. The Morgan fingerprint density at radius 2 is 1.83 bits per heavy atom. The predicted molar refractivity (Wildman–Crippen MR) is 63.5 cm³/mol. The Bertz CT molecular complexity index is 396. The molecule has 1 atom stereocenters. The highest BCUT2D eigenvalue weighted by atomic mass is 19.2. The number of nitrogens with two attached hydrogens (primary N) is 1. The molecule has 1 saturated carbocycles. The second-order valence-corrected chi connectivity index (χ2v) is 4.77. The maximum Gasteiger partial charge on any atom is 0.194 e. The van der Waals surface area contributed by atoms with Gasteiger partial charge in [-0.15, -0.1) is 0 Å². The van der Waals surface area contributed by atoms with E-state index in [1.54, 1.807) is 0 Å². The van der Waals surface area contributed by atoms with Gasteiger partial charge in [0.15, 0.2) is 17.5 Å². The number of nitrogens with one attached hydrogen (secondary N) is 1. The fourth-order valence-corrected chi connectivity index (χ4v) is 1.98. The summed E-state index contributed by atoms with van der Waals surface area (Å²) in [7, 11) is 0. The normalized spacial score (nSPS) is 16.9. The van der Waals surface area contributed by atoms with Crippen LogP contribution in [0.3, 0.4) is 0 Å². The Morgan fingerprint density at radius 3 is 2.33 bits per heavy atom. The maximum atomic E-state index is 13.1. The summed E-state index contributed by atoms with van der Waals surface area (Å²) in [5, 5.41) is 3.15. The Morgan fingerprint density at radius 1 is 1.22 bits per heavy atom. The molecular weight excluding hydrogens is 241 g/mol. The van der Waals surface area contributed by atoms with Crippen molar-refractivity contribution in [2.45, 2.75) is 25.3 Å². The SMILES string of the molecule is NCC(NCCC1CC1)c1cc(F)c(F)c(F)c1. The fraction of sp³-hybridized carbons (Fsp3) is 0.538. The molecule has 3 N–H and O–H groups in total. The number of halogens is 3. The molecule has 0 radical (unpaired) electrons. The molecule has 5 heteroatoms. The summed E-state index contributed by atoms with van der Waals surface area (Å²) in [6.45, 7) is 0.975. The second-order valence-electron chi connectivity index (χ2n) is 4.77. The lowest BCUT2D eigenvalue weighted by Gasteiger charge is -2.17. The smallest absolute Gasteiger partial charge is 0.194 e. The van der Waals surface area contributed by atoms with Crippen LogP contribution in [0.2, 0.25) is 0 Å². The van der Waals surface area contributed by atoms with Crippen LogP contribution < -0.4 is 11.1 Å². The molecular formula is C13H17F3N2. The van der Waals surface area contributed by atoms with Gasteiger partial charge in [0.25, 0.3) is 0 Å². The molecule has 1 aliphatic rings. The first-order valence-corrected chi connectivity index (χ1v) is 6.19. The average Bonchev–Trinajstić information content (AvgIpc) is 3.15. The van der Waals surface area contributed by atoms with Gasteiger partial charge in [0, 0.05) is 12.6 Å². The highest BCUT2D eigenvalue weighted by molar-refractivity contribution is 5.23. The second kappa shape index (κ2) is 5.71. The molecule has 1 unspecified atom stereocenters. The van der Waals surface area contributed by atoms with Crippen LogP contribution in [-0.2, 0) is 0 Å². The first-order chi connectivity index (χ1) is 8.61. The summed E-state index contributed by atoms with van der Waals surface area (Å²) < 4.78 is 39.1. The molecule has 0 bridgehead atoms. The first-order valence-electron chi connectivity index (χ1n) is 6.19. The van der Waals surface area contributed by atoms with E-state index in [0.717, 1.165) is 31.0 Å². The number of benzene rings is 1. The van der Waals surface area contributed by atoms with Gasteiger partial charge in [-0.2, -0.15) is 0 Å². The van der Waals surface area contributed by atoms with Crippen LogP contribution >= 0.6 is 0 Å². The van der Waals surface area contributed by atoms with Gasteiger partial charge in [-0.1, -0.05) is 12.8 Å². The van der Waals surface area contributed by atoms with E-state index in [1.165, 1.54) is 12.8 Å². The molecule has 0 heterocycles. The quantitative estimate of drug-likeness (QED) is 0.769. The van der Waals surface area contributed by atoms with Gasteiger partial charge in [0.2, 0.25) is 0 Å². The average molecular weight is 258 g/mol. The Labute approximate surface area is 104 Å². The van der Waals surface area contributed by atoms with Crippen molar-refractivity contribution >= 4 is 0 Å². The van der Waals surface area contributed by atoms with Gasteiger partial charge >= 0.3 is 0 Å². The van der Waals surface area contributed by atoms with Gasteiger partial charge in [0.05, 0.1) is 0 Å². The van der Waals surface area contributed by atoms with Crippen LogP contribution in [0.25, 0.3) is 0 Å². The molecule has 100 valence electrons. The van der Waals surface area contributed by atoms with Crippen molar-refractivity contribution < 1.29 is 13.2 Å². The summed E-state index contributed by atoms with van der Waals surface area (Å²) in [4.78, 5) is 0. The molecule has 1 aromatic carbocycles. The van der Waals surface area contributed by atoms with Crippen LogP contribution in [0.5, 0.6) is 0 Å². The van der Waals surface area contributed by atoms with Crippen molar-refractivity contribution in [1.29, 1.82) is 0 Å². The summed E-state index contributed by atoms with van der Waals surface area (Å²) in [5.74, 6) is -3.01. The molecule has 0 spiro atoms. The molecule has 18 heavy (non-hydrogen) atoms. The van der Waals surface area contributed by atoms with Crippen molar-refractivity contribution in [3.8, 4) is 0 Å². The molecule has 1 fully saturated rings. The monoisotopic (exact) mass is 258 g/mol. The van der Waals surface area contributed by atoms with Crippen molar-refractivity contribution in [3.05, 3.63) is 35.1 Å². The van der Waals surface area contributed by atoms with E-state index in [2.05, 4.69) is 5.32 Å². The summed E-state index contributed by atoms with van der Waals surface area (Å²) >= 11 is 0. The lowest BCUT2D eigenvalue weighted by Crippen LogP contribution is -2.29. The van der Waals surface area contributed by atoms with E-state index < -0.39 is 17.5 Å². The van der Waals surface area contributed by atoms with E-state index in [-0.39, 0.29) is 12.6 Å². The van der Waals surface area contributed by atoms with Crippen molar-refractivity contribution in [3.63, 3.8) is 0 Å². The predicted octanol–water partition coefficient (Wildman–Crippen LogP) is 2.49. The van der Waals surface area contributed by atoms with Gasteiger partial charge < -0.3 is 11.1 Å². The third-order valence-electron chi connectivity index (χ3n) is 3.28. The van der Waals surface area contributed by atoms with E-state index in [0.29, 0.717) is 5.56 Å². The summed E-state index contributed by atoms with van der Waals surface area (Å²) in [6, 6.07) is 1.66. The highest BCUT2D eigenvalue weighted by Crippen LogP contribution is 2.32. The minimum absolute atomic E-state index is 0.217. The van der Waals surface area contributed by atoms with E-state index in [4.69, 9.17) is 5.73 Å². The van der Waals surface area contributed by atoms with Crippen LogP contribution in [0.1, 0.15) is 30.9 Å². The largest absolute Gasteiger partial charge is 0.329 e. The molecule has 0 amide bonds. The molecule has 2 rings (SSSR count). The standard InChI is InChI=1S/C13H17F3N2/c14-10-5-9(6-11(15)13(10)16)12(7-17)18-4-3-8-1-2-8/h5-6,8,12,18H,1-4,7,17H2. The van der Waals surface area contributed by atoms with Gasteiger partial charge in [-0.05, 0) is 36.6 Å². The highest BCUT2D eigenvalue weighted by Gasteiger charge is 2.21. The number of hydrogen-bond donors (Lipinski definition) is 2. The van der Waals surface area contributed by atoms with Crippen LogP contribution in [0.4, 0.5) is 13.2 Å². The minimum Gasteiger partial charge on any atom is -0.329 e. The Kier molecular flexibility index (Phi) is 4.24. The van der Waals surface area contributed by atoms with Gasteiger partial charge in [-0.3, -0.25) is 0 Å². The number of hydrogen-bond acceptors (Lipinski definition) is 2. The van der Waals surface area contributed by atoms with Crippen molar-refractivity contribution in [1.82, 2.24) is 5.32 Å². The third kappa shape index (κ3) is 3.23. The Balaban J connectivity index is 2.01. The molecule has 1 aliphatic carbocycles. The van der Waals surface area contributed by atoms with Crippen molar-refractivity contribution in [2.24, 2.45) is 11.7 Å². The van der Waals surface area contributed by atoms with Gasteiger partial charge in [0.1, 0.15) is 0 Å². The van der Waals surface area contributed by atoms with Crippen molar-refractivity contribution in [2.75, 3.05) is 13.1 Å². The number of rotatable bonds is 6. The first kappa shape index (κ1) is 13.4. The van der Waals surface area contributed by atoms with Gasteiger partial charge in [-0.25, -0.2) is 13.2 Å². The molecule has 1 aromatic rings. The van der Waals surface area contributed by atoms with Crippen LogP contribution in [0, 0.1) is 23.4 Å². The summed E-state index contributed by atoms with van der Waals surface area (Å²) in [5.41, 5.74) is 5.93. The van der Waals surface area contributed by atoms with Crippen LogP contribution in [0.15, 0.2) is 12.1 Å². The maximum absolute atomic E-state index is 13.1. The van der Waals surface area contributed by atoms with Crippen LogP contribution in [-0.4, -0.2) is 13.1 Å². The molecule has 0 aromatic heterocycles. The Hall–Kier alpha value is -1.07. The van der Waals surface area contributed by atoms with E-state index >= 15 is 0 Å². The summed E-state index contributed by atoms with van der Waals surface area (Å²) in [6.07, 6.45) is 3.56. The molecule has 0 aliphatic heterocycles. The lowest BCUT2D eigenvalue weighted by atomic mass is 10.1. The zero-order valence-electron chi connectivity index (χ0n) is 10.1. The topological polar surface area (TPSA) is 38.0 Å². The minimum atomic E-state index is -1.44. The van der Waals surface area contributed by atoms with E-state index in [1.807, 2.05) is 0 Å². The molecule has 0 saturated heterocycles.